The first-order chi connectivity index (χ1) is 11.4. The Balaban J connectivity index is 0.00000169. The zero-order valence-electron chi connectivity index (χ0n) is 12.8. The SMILES string of the molecule is C1=[N+](Cc2cccs2)N(Cc2cccs2)N(Cc2cccs2)N1.[Cl-]. The fourth-order valence-corrected chi connectivity index (χ4v) is 4.55. The summed E-state index contributed by atoms with van der Waals surface area (Å²) in [5.41, 5.74) is 3.40. The molecule has 0 unspecified atom stereocenters. The first kappa shape index (κ1) is 17.4. The van der Waals surface area contributed by atoms with Crippen LogP contribution in [-0.2, 0) is 19.6 Å². The average molecular weight is 397 g/mol. The largest absolute Gasteiger partial charge is 1.00 e. The predicted octanol–water partition coefficient (Wildman–Crippen LogP) is 0.768. The number of hydrazone groups is 1. The van der Waals surface area contributed by atoms with E-state index in [9.17, 15) is 0 Å². The third-order valence-electron chi connectivity index (χ3n) is 3.59. The van der Waals surface area contributed by atoms with Gasteiger partial charge in [0.05, 0.1) is 6.54 Å². The Morgan fingerprint density at radius 3 is 2.00 bits per heavy atom. The summed E-state index contributed by atoms with van der Waals surface area (Å²) in [6, 6.07) is 12.9. The van der Waals surface area contributed by atoms with E-state index in [1.54, 1.807) is 34.0 Å². The van der Waals surface area contributed by atoms with Crippen LogP contribution in [0.3, 0.4) is 0 Å². The van der Waals surface area contributed by atoms with Gasteiger partial charge in [-0.3, -0.25) is 0 Å². The van der Waals surface area contributed by atoms with Crippen molar-refractivity contribution in [1.82, 2.24) is 15.7 Å². The Bertz CT molecular complexity index is 753. The highest BCUT2D eigenvalue weighted by atomic mass is 35.5. The second-order valence-corrected chi connectivity index (χ2v) is 8.28. The van der Waals surface area contributed by atoms with E-state index in [1.807, 2.05) is 0 Å². The average Bonchev–Trinajstić information content (AvgIpc) is 3.33. The summed E-state index contributed by atoms with van der Waals surface area (Å²) in [6.45, 7) is 2.62. The zero-order valence-corrected chi connectivity index (χ0v) is 16.0. The highest BCUT2D eigenvalue weighted by Crippen LogP contribution is 2.20. The van der Waals surface area contributed by atoms with E-state index in [-0.39, 0.29) is 12.4 Å². The summed E-state index contributed by atoms with van der Waals surface area (Å²) >= 11 is 5.38. The van der Waals surface area contributed by atoms with Crippen LogP contribution < -0.4 is 17.8 Å². The standard InChI is InChI=1S/C16H16N4S3.ClH/c1-4-14(21-7-1)10-18-13-17-19(11-15-5-2-8-22-15)20(18)12-16-6-3-9-23-16;/h1-9,13H,10-12H2;1H. The van der Waals surface area contributed by atoms with Crippen LogP contribution >= 0.6 is 34.0 Å². The summed E-state index contributed by atoms with van der Waals surface area (Å²) in [7, 11) is 0. The molecule has 0 fully saturated rings. The molecule has 4 rings (SSSR count). The quantitative estimate of drug-likeness (QED) is 0.622. The van der Waals surface area contributed by atoms with Gasteiger partial charge in [0.1, 0.15) is 13.1 Å². The topological polar surface area (TPSA) is 21.5 Å². The van der Waals surface area contributed by atoms with Gasteiger partial charge in [-0.2, -0.15) is 5.43 Å². The molecular formula is C16H17ClN4S3. The molecule has 8 heteroatoms. The summed E-state index contributed by atoms with van der Waals surface area (Å²) < 4.78 is 2.25. The molecule has 0 amide bonds. The van der Waals surface area contributed by atoms with Crippen molar-refractivity contribution in [3.63, 3.8) is 0 Å². The molecule has 3 aromatic rings. The van der Waals surface area contributed by atoms with Crippen LogP contribution in [0.2, 0.25) is 0 Å². The molecule has 1 aliphatic heterocycles. The number of halogens is 1. The summed E-state index contributed by atoms with van der Waals surface area (Å²) in [4.78, 5) is 4.06. The second-order valence-electron chi connectivity index (χ2n) is 5.18. The number of rotatable bonds is 6. The number of nitrogens with one attached hydrogen (secondary N) is 1. The van der Waals surface area contributed by atoms with Gasteiger partial charge in [0.15, 0.2) is 0 Å². The molecule has 1 N–H and O–H groups in total. The van der Waals surface area contributed by atoms with Crippen molar-refractivity contribution in [1.29, 1.82) is 0 Å². The third kappa shape index (κ3) is 3.99. The first-order valence-electron chi connectivity index (χ1n) is 7.37. The van der Waals surface area contributed by atoms with Crippen LogP contribution in [-0.4, -0.2) is 21.3 Å². The van der Waals surface area contributed by atoms with Gasteiger partial charge in [-0.05, 0) is 39.5 Å². The van der Waals surface area contributed by atoms with Crippen LogP contribution in [0.1, 0.15) is 14.6 Å². The van der Waals surface area contributed by atoms with E-state index in [0.29, 0.717) is 0 Å². The molecule has 0 aromatic carbocycles. The summed E-state index contributed by atoms with van der Waals surface area (Å²) in [5.74, 6) is 0. The minimum Gasteiger partial charge on any atom is -1.00 e. The van der Waals surface area contributed by atoms with Crippen molar-refractivity contribution in [2.75, 3.05) is 0 Å². The van der Waals surface area contributed by atoms with Crippen molar-refractivity contribution in [2.24, 2.45) is 0 Å². The van der Waals surface area contributed by atoms with Crippen LogP contribution in [0, 0.1) is 0 Å². The lowest BCUT2D eigenvalue weighted by molar-refractivity contribution is -0.730. The van der Waals surface area contributed by atoms with E-state index in [1.165, 1.54) is 14.6 Å². The minimum atomic E-state index is 0. The second kappa shape index (κ2) is 8.13. The maximum Gasteiger partial charge on any atom is 0.277 e. The molecule has 4 nitrogen and oxygen atoms in total. The molecule has 1 aliphatic rings. The molecular weight excluding hydrogens is 380 g/mol. The van der Waals surface area contributed by atoms with Gasteiger partial charge < -0.3 is 12.4 Å². The summed E-state index contributed by atoms with van der Waals surface area (Å²) in [5, 5.41) is 10.9. The van der Waals surface area contributed by atoms with E-state index < -0.39 is 0 Å². The van der Waals surface area contributed by atoms with Gasteiger partial charge in [-0.15, -0.1) is 43.8 Å². The first-order valence-corrected chi connectivity index (χ1v) is 10.0. The van der Waals surface area contributed by atoms with Crippen LogP contribution in [0.5, 0.6) is 0 Å². The number of hydrazine groups is 3. The van der Waals surface area contributed by atoms with Gasteiger partial charge in [-0.25, -0.2) is 0 Å². The van der Waals surface area contributed by atoms with Gasteiger partial charge >= 0.3 is 0 Å². The van der Waals surface area contributed by atoms with E-state index in [4.69, 9.17) is 0 Å². The predicted molar refractivity (Wildman–Crippen MR) is 97.2 cm³/mol. The number of nitrogens with zero attached hydrogens (tertiary/aromatic N) is 3. The molecule has 0 bridgehead atoms. The summed E-state index contributed by atoms with van der Waals surface area (Å²) in [6.07, 6.45) is 2.06. The van der Waals surface area contributed by atoms with Gasteiger partial charge in [0.2, 0.25) is 0 Å². The van der Waals surface area contributed by atoms with Crippen molar-refractivity contribution in [2.45, 2.75) is 19.6 Å². The molecule has 0 saturated carbocycles. The molecule has 0 atom stereocenters. The van der Waals surface area contributed by atoms with Crippen molar-refractivity contribution >= 4 is 40.3 Å². The minimum absolute atomic E-state index is 0. The Morgan fingerprint density at radius 2 is 1.42 bits per heavy atom. The smallest absolute Gasteiger partial charge is 0.277 e. The van der Waals surface area contributed by atoms with Crippen LogP contribution in [0.15, 0.2) is 52.5 Å². The Labute approximate surface area is 159 Å². The molecule has 24 heavy (non-hydrogen) atoms. The fourth-order valence-electron chi connectivity index (χ4n) is 2.49. The lowest BCUT2D eigenvalue weighted by Crippen LogP contribution is -3.00. The lowest BCUT2D eigenvalue weighted by atomic mass is 10.4. The Morgan fingerprint density at radius 1 is 0.833 bits per heavy atom. The highest BCUT2D eigenvalue weighted by molar-refractivity contribution is 7.10. The molecule has 0 saturated heterocycles. The number of hydrogen-bond acceptors (Lipinski definition) is 6. The normalized spacial score (nSPS) is 14.3. The van der Waals surface area contributed by atoms with Crippen LogP contribution in [0.25, 0.3) is 0 Å². The van der Waals surface area contributed by atoms with E-state index in [2.05, 4.69) is 79.2 Å². The van der Waals surface area contributed by atoms with Crippen molar-refractivity contribution in [3.05, 3.63) is 67.2 Å². The molecule has 0 aliphatic carbocycles. The number of hydrogen-bond donors (Lipinski definition) is 1. The highest BCUT2D eigenvalue weighted by Gasteiger charge is 2.30. The number of thiophene rings is 3. The van der Waals surface area contributed by atoms with Crippen molar-refractivity contribution in [3.8, 4) is 0 Å². The molecule has 0 radical (unpaired) electrons. The van der Waals surface area contributed by atoms with Gasteiger partial charge in [0.25, 0.3) is 6.34 Å². The van der Waals surface area contributed by atoms with Crippen LogP contribution in [0.4, 0.5) is 0 Å². The Kier molecular flexibility index (Phi) is 5.91. The third-order valence-corrected chi connectivity index (χ3v) is 6.18. The van der Waals surface area contributed by atoms with E-state index >= 15 is 0 Å². The molecule has 0 spiro atoms. The van der Waals surface area contributed by atoms with Gasteiger partial charge in [0, 0.05) is 14.6 Å². The fraction of sp³-hybridized carbons (Fsp3) is 0.188. The van der Waals surface area contributed by atoms with Gasteiger partial charge in [-0.1, -0.05) is 18.2 Å². The molecule has 3 aromatic heterocycles. The maximum absolute atomic E-state index is 3.40. The lowest BCUT2D eigenvalue weighted by Gasteiger charge is -2.24. The van der Waals surface area contributed by atoms with Crippen molar-refractivity contribution < 1.29 is 17.1 Å². The molecule has 4 heterocycles. The zero-order chi connectivity index (χ0) is 15.5. The Hall–Kier alpha value is -1.38. The monoisotopic (exact) mass is 396 g/mol. The molecule has 126 valence electrons. The maximum atomic E-state index is 3.40. The van der Waals surface area contributed by atoms with E-state index in [0.717, 1.165) is 19.6 Å².